The molecule has 1 aromatic carbocycles. The van der Waals surface area contributed by atoms with Crippen LogP contribution in [0, 0.1) is 17.2 Å². The van der Waals surface area contributed by atoms with Gasteiger partial charge in [0.1, 0.15) is 5.54 Å². The fourth-order valence-corrected chi connectivity index (χ4v) is 3.15. The maximum absolute atomic E-state index is 12.4. The molecular weight excluding hydrogens is 348 g/mol. The molecule has 0 aromatic heterocycles. The van der Waals surface area contributed by atoms with Crippen LogP contribution in [0.3, 0.4) is 0 Å². The molecule has 1 aromatic rings. The molecule has 1 amide bonds. The van der Waals surface area contributed by atoms with E-state index in [1.807, 2.05) is 26.0 Å². The van der Waals surface area contributed by atoms with Crippen molar-refractivity contribution in [3.05, 3.63) is 34.9 Å². The Kier molecular flexibility index (Phi) is 7.45. The first-order chi connectivity index (χ1) is 12.3. The smallest absolute Gasteiger partial charge is 0.235 e. The Balaban J connectivity index is 1.83. The third kappa shape index (κ3) is 5.98. The van der Waals surface area contributed by atoms with Crippen molar-refractivity contribution in [2.24, 2.45) is 5.92 Å². The second kappa shape index (κ2) is 9.36. The van der Waals surface area contributed by atoms with Crippen molar-refractivity contribution >= 4 is 17.5 Å². The Morgan fingerprint density at radius 2 is 1.85 bits per heavy atom. The summed E-state index contributed by atoms with van der Waals surface area (Å²) in [5.74, 6) is -0.00986. The lowest BCUT2D eigenvalue weighted by molar-refractivity contribution is -0.123. The number of hydrogen-bond acceptors (Lipinski definition) is 4. The van der Waals surface area contributed by atoms with Gasteiger partial charge in [0.15, 0.2) is 0 Å². The van der Waals surface area contributed by atoms with Gasteiger partial charge in [0.25, 0.3) is 0 Å². The molecule has 0 bridgehead atoms. The molecule has 2 rings (SSSR count). The largest absolute Gasteiger partial charge is 0.337 e. The quantitative estimate of drug-likeness (QED) is 0.829. The van der Waals surface area contributed by atoms with Crippen LogP contribution in [0.5, 0.6) is 0 Å². The molecule has 1 fully saturated rings. The summed E-state index contributed by atoms with van der Waals surface area (Å²) in [5.41, 5.74) is 0.436. The van der Waals surface area contributed by atoms with E-state index in [1.54, 1.807) is 6.92 Å². The number of hydrogen-bond donors (Lipinski definition) is 1. The minimum atomic E-state index is -0.816. The van der Waals surface area contributed by atoms with Crippen LogP contribution in [0.1, 0.15) is 32.8 Å². The minimum absolute atomic E-state index is 0.0652. The van der Waals surface area contributed by atoms with E-state index in [9.17, 15) is 10.1 Å². The molecule has 0 radical (unpaired) electrons. The molecule has 26 heavy (non-hydrogen) atoms. The van der Waals surface area contributed by atoms with Crippen molar-refractivity contribution in [2.45, 2.75) is 39.3 Å². The lowest BCUT2D eigenvalue weighted by Gasteiger charge is -2.29. The van der Waals surface area contributed by atoms with Crippen molar-refractivity contribution in [2.75, 3.05) is 32.7 Å². The summed E-state index contributed by atoms with van der Waals surface area (Å²) >= 11 is 5.95. The zero-order chi connectivity index (χ0) is 19.2. The summed E-state index contributed by atoms with van der Waals surface area (Å²) in [6.45, 7) is 10.6. The maximum Gasteiger partial charge on any atom is 0.235 e. The first-order valence-corrected chi connectivity index (χ1v) is 9.61. The van der Waals surface area contributed by atoms with E-state index in [2.05, 4.69) is 33.3 Å². The zero-order valence-corrected chi connectivity index (χ0v) is 16.7. The number of nitrogens with one attached hydrogen (secondary N) is 1. The van der Waals surface area contributed by atoms with Gasteiger partial charge in [0, 0.05) is 24.7 Å². The summed E-state index contributed by atoms with van der Waals surface area (Å²) in [6, 6.07) is 10.2. The van der Waals surface area contributed by atoms with Crippen molar-refractivity contribution < 1.29 is 4.79 Å². The SMILES string of the molecule is CC(C)C(C)(C#N)NC(=O)CN1CCCN(Cc2ccc(Cl)cc2)CC1. The van der Waals surface area contributed by atoms with Crippen LogP contribution in [0.15, 0.2) is 24.3 Å². The van der Waals surface area contributed by atoms with Crippen molar-refractivity contribution in [3.8, 4) is 6.07 Å². The fraction of sp³-hybridized carbons (Fsp3) is 0.600. The van der Waals surface area contributed by atoms with Crippen molar-refractivity contribution in [3.63, 3.8) is 0 Å². The van der Waals surface area contributed by atoms with E-state index in [0.717, 1.165) is 44.2 Å². The molecule has 0 aliphatic carbocycles. The molecule has 1 atom stereocenters. The molecule has 1 heterocycles. The Morgan fingerprint density at radius 3 is 2.46 bits per heavy atom. The van der Waals surface area contributed by atoms with Gasteiger partial charge in [-0.15, -0.1) is 0 Å². The van der Waals surface area contributed by atoms with Crippen LogP contribution in [0.25, 0.3) is 0 Å². The highest BCUT2D eigenvalue weighted by Crippen LogP contribution is 2.16. The van der Waals surface area contributed by atoms with Gasteiger partial charge >= 0.3 is 0 Å². The van der Waals surface area contributed by atoms with Gasteiger partial charge < -0.3 is 5.32 Å². The summed E-state index contributed by atoms with van der Waals surface area (Å²) in [6.07, 6.45) is 1.03. The average molecular weight is 377 g/mol. The lowest BCUT2D eigenvalue weighted by atomic mass is 9.90. The number of benzene rings is 1. The molecule has 0 spiro atoms. The maximum atomic E-state index is 12.4. The van der Waals surface area contributed by atoms with E-state index in [0.29, 0.717) is 6.54 Å². The van der Waals surface area contributed by atoms with Gasteiger partial charge in [0.05, 0.1) is 12.6 Å². The van der Waals surface area contributed by atoms with E-state index in [-0.39, 0.29) is 11.8 Å². The van der Waals surface area contributed by atoms with Crippen molar-refractivity contribution in [1.29, 1.82) is 5.26 Å². The monoisotopic (exact) mass is 376 g/mol. The van der Waals surface area contributed by atoms with Gasteiger partial charge in [-0.3, -0.25) is 14.6 Å². The Hall–Kier alpha value is -1.61. The van der Waals surface area contributed by atoms with Crippen LogP contribution in [0.2, 0.25) is 5.02 Å². The van der Waals surface area contributed by atoms with Gasteiger partial charge in [-0.1, -0.05) is 37.6 Å². The molecule has 1 unspecified atom stereocenters. The van der Waals surface area contributed by atoms with Crippen LogP contribution in [0.4, 0.5) is 0 Å². The molecule has 1 aliphatic heterocycles. The number of carbonyl (C=O) groups is 1. The Bertz CT molecular complexity index is 640. The first kappa shape index (κ1) is 20.7. The summed E-state index contributed by atoms with van der Waals surface area (Å²) in [4.78, 5) is 17.0. The zero-order valence-electron chi connectivity index (χ0n) is 16.0. The summed E-state index contributed by atoms with van der Waals surface area (Å²) in [5, 5.41) is 13.0. The van der Waals surface area contributed by atoms with Crippen LogP contribution in [-0.4, -0.2) is 54.0 Å². The summed E-state index contributed by atoms with van der Waals surface area (Å²) in [7, 11) is 0. The standard InChI is InChI=1S/C20H29ClN4O/c1-16(2)20(3,15-22)23-19(26)14-25-10-4-9-24(11-12-25)13-17-5-7-18(21)8-6-17/h5-8,16H,4,9-14H2,1-3H3,(H,23,26). The third-order valence-electron chi connectivity index (χ3n) is 5.15. The fourth-order valence-electron chi connectivity index (χ4n) is 3.02. The normalized spacial score (nSPS) is 18.8. The van der Waals surface area contributed by atoms with Crippen LogP contribution >= 0.6 is 11.6 Å². The second-order valence-electron chi connectivity index (χ2n) is 7.55. The van der Waals surface area contributed by atoms with Gasteiger partial charge in [0.2, 0.25) is 5.91 Å². The van der Waals surface area contributed by atoms with Crippen molar-refractivity contribution in [1.82, 2.24) is 15.1 Å². The lowest BCUT2D eigenvalue weighted by Crippen LogP contribution is -2.52. The molecule has 1 aliphatic rings. The number of halogens is 1. The molecule has 0 saturated carbocycles. The van der Waals surface area contributed by atoms with Crippen LogP contribution < -0.4 is 5.32 Å². The summed E-state index contributed by atoms with van der Waals surface area (Å²) < 4.78 is 0. The topological polar surface area (TPSA) is 59.4 Å². The van der Waals surface area contributed by atoms with Gasteiger partial charge in [-0.2, -0.15) is 5.26 Å². The molecule has 1 N–H and O–H groups in total. The number of rotatable bonds is 6. The number of carbonyl (C=O) groups excluding carboxylic acids is 1. The van der Waals surface area contributed by atoms with E-state index < -0.39 is 5.54 Å². The second-order valence-corrected chi connectivity index (χ2v) is 7.99. The minimum Gasteiger partial charge on any atom is -0.337 e. The highest BCUT2D eigenvalue weighted by Gasteiger charge is 2.30. The highest BCUT2D eigenvalue weighted by atomic mass is 35.5. The average Bonchev–Trinajstić information content (AvgIpc) is 2.81. The number of amides is 1. The third-order valence-corrected chi connectivity index (χ3v) is 5.41. The number of nitrogens with zero attached hydrogens (tertiary/aromatic N) is 3. The van der Waals surface area contributed by atoms with Crippen LogP contribution in [-0.2, 0) is 11.3 Å². The molecule has 1 saturated heterocycles. The van der Waals surface area contributed by atoms with E-state index >= 15 is 0 Å². The molecule has 142 valence electrons. The highest BCUT2D eigenvalue weighted by molar-refractivity contribution is 6.30. The van der Waals surface area contributed by atoms with E-state index in [1.165, 1.54) is 5.56 Å². The Morgan fingerprint density at radius 1 is 1.23 bits per heavy atom. The molecular formula is C20H29ClN4O. The Labute approximate surface area is 161 Å². The predicted octanol–water partition coefficient (Wildman–Crippen LogP) is 2.90. The molecule has 6 heteroatoms. The predicted molar refractivity (Wildman–Crippen MR) is 105 cm³/mol. The number of nitriles is 1. The van der Waals surface area contributed by atoms with Gasteiger partial charge in [-0.05, 0) is 50.0 Å². The first-order valence-electron chi connectivity index (χ1n) is 9.24. The molecule has 5 nitrogen and oxygen atoms in total. The van der Waals surface area contributed by atoms with E-state index in [4.69, 9.17) is 11.6 Å². The van der Waals surface area contributed by atoms with Gasteiger partial charge in [-0.25, -0.2) is 0 Å².